The summed E-state index contributed by atoms with van der Waals surface area (Å²) in [4.78, 5) is 38.1. The first-order valence-electron chi connectivity index (χ1n) is 9.38. The van der Waals surface area contributed by atoms with Crippen LogP contribution in [0.15, 0.2) is 29.5 Å². The van der Waals surface area contributed by atoms with Crippen molar-refractivity contribution in [1.82, 2.24) is 0 Å². The Kier molecular flexibility index (Phi) is 3.37. The zero-order valence-electron chi connectivity index (χ0n) is 15.7. The average molecular weight is 417 g/mol. The lowest BCUT2D eigenvalue weighted by atomic mass is 9.48. The van der Waals surface area contributed by atoms with E-state index >= 15 is 0 Å². The maximum atomic E-state index is 13.3. The fraction of sp³-hybridized carbons (Fsp3) is 0.450. The molecule has 2 unspecified atom stereocenters. The number of hydrogen-bond acceptors (Lipinski definition) is 9. The molecule has 1 aromatic carbocycles. The maximum Gasteiger partial charge on any atom is 0.256 e. The number of carbonyl (C=O) groups excluding carboxylic acids is 3. The molecule has 7 N–H and O–H groups in total. The van der Waals surface area contributed by atoms with Crippen LogP contribution in [-0.2, 0) is 19.9 Å². The standard InChI is InChI=1S/C20H19NO9/c1-18-6-3-2-4-8(22)10(6)13(23)11-7(18)5-9-19(28,14(11)24)15(25)12(17(21)27)16(26)20(9,29)30-18/h2-4,7,9,11,14,22,24-25,28-29H,5H2,1H3,(H2,21,27)/t7-,9+,11?,14?,18+,19-,20+/m0/s1. The molecule has 7 atom stereocenters. The second kappa shape index (κ2) is 5.27. The van der Waals surface area contributed by atoms with Crippen LogP contribution in [0.2, 0.25) is 0 Å². The van der Waals surface area contributed by atoms with Gasteiger partial charge in [-0.05, 0) is 25.0 Å². The second-order valence-electron chi connectivity index (χ2n) is 8.58. The molecule has 10 nitrogen and oxygen atoms in total. The number of nitrogens with two attached hydrogens (primary N) is 1. The highest BCUT2D eigenvalue weighted by atomic mass is 16.7. The van der Waals surface area contributed by atoms with Crippen LogP contribution in [0.3, 0.4) is 0 Å². The van der Waals surface area contributed by atoms with Gasteiger partial charge < -0.3 is 36.0 Å². The number of primary amides is 1. The molecule has 4 aliphatic rings. The Morgan fingerprint density at radius 1 is 1.23 bits per heavy atom. The quantitative estimate of drug-likeness (QED) is 0.303. The molecule has 30 heavy (non-hydrogen) atoms. The van der Waals surface area contributed by atoms with E-state index < -0.39 is 75.4 Å². The summed E-state index contributed by atoms with van der Waals surface area (Å²) >= 11 is 0. The van der Waals surface area contributed by atoms with Gasteiger partial charge in [0, 0.05) is 5.92 Å². The fourth-order valence-electron chi connectivity index (χ4n) is 5.96. The number of Topliss-reactive ketones (excluding diaryl/α,β-unsaturated/α-hetero) is 2. The van der Waals surface area contributed by atoms with Gasteiger partial charge in [0.15, 0.2) is 11.4 Å². The Balaban J connectivity index is 1.87. The summed E-state index contributed by atoms with van der Waals surface area (Å²) in [6.07, 6.45) is -2.20. The van der Waals surface area contributed by atoms with E-state index in [0.717, 1.165) is 0 Å². The summed E-state index contributed by atoms with van der Waals surface area (Å²) < 4.78 is 5.87. The highest BCUT2D eigenvalue weighted by Crippen LogP contribution is 2.65. The fourth-order valence-corrected chi connectivity index (χ4v) is 5.96. The van der Waals surface area contributed by atoms with E-state index in [2.05, 4.69) is 0 Å². The number of aliphatic hydroxyl groups is 4. The minimum absolute atomic E-state index is 0.169. The zero-order chi connectivity index (χ0) is 22.0. The molecular formula is C20H19NO9. The Bertz CT molecular complexity index is 1100. The number of rotatable bonds is 1. The molecule has 158 valence electrons. The number of amides is 1. The molecule has 0 spiro atoms. The molecule has 2 bridgehead atoms. The van der Waals surface area contributed by atoms with Crippen molar-refractivity contribution >= 4 is 17.5 Å². The van der Waals surface area contributed by atoms with E-state index in [4.69, 9.17) is 10.5 Å². The zero-order valence-corrected chi connectivity index (χ0v) is 15.7. The minimum Gasteiger partial charge on any atom is -0.508 e. The summed E-state index contributed by atoms with van der Waals surface area (Å²) in [7, 11) is 0. The van der Waals surface area contributed by atoms with Crippen LogP contribution < -0.4 is 5.73 Å². The number of fused-ring (bicyclic) bond motifs is 2. The van der Waals surface area contributed by atoms with Crippen LogP contribution in [0.1, 0.15) is 29.3 Å². The molecular weight excluding hydrogens is 398 g/mol. The van der Waals surface area contributed by atoms with Crippen molar-refractivity contribution in [3.05, 3.63) is 40.7 Å². The van der Waals surface area contributed by atoms with Crippen LogP contribution in [0.4, 0.5) is 0 Å². The number of carbonyl (C=O) groups is 3. The van der Waals surface area contributed by atoms with Gasteiger partial charge in [-0.15, -0.1) is 0 Å². The van der Waals surface area contributed by atoms with E-state index in [1.165, 1.54) is 25.1 Å². The largest absolute Gasteiger partial charge is 0.508 e. The third-order valence-corrected chi connectivity index (χ3v) is 7.33. The molecule has 1 aliphatic heterocycles. The molecule has 2 fully saturated rings. The van der Waals surface area contributed by atoms with Gasteiger partial charge in [0.2, 0.25) is 11.6 Å². The molecule has 5 rings (SSSR count). The molecule has 1 aromatic rings. The number of phenolic OH excluding ortho intramolecular Hbond substituents is 1. The SMILES string of the molecule is C[C@@]12O[C@@]3(O)C(=O)C(C(N)=O)=C(O)[C@@]4(O)C(O)C(C(=O)c5c(O)cccc51)[C@@H]2C[C@@H]34. The average Bonchev–Trinajstić information content (AvgIpc) is 2.66. The minimum atomic E-state index is -2.81. The summed E-state index contributed by atoms with van der Waals surface area (Å²) in [5.41, 5.74) is -0.147. The van der Waals surface area contributed by atoms with Gasteiger partial charge in [0.05, 0.1) is 23.0 Å². The van der Waals surface area contributed by atoms with Crippen LogP contribution in [0.5, 0.6) is 5.75 Å². The number of phenols is 1. The van der Waals surface area contributed by atoms with Crippen molar-refractivity contribution in [1.29, 1.82) is 0 Å². The van der Waals surface area contributed by atoms with Gasteiger partial charge in [-0.25, -0.2) is 0 Å². The van der Waals surface area contributed by atoms with Gasteiger partial charge in [-0.3, -0.25) is 14.4 Å². The number of benzene rings is 1. The molecule has 0 aromatic heterocycles. The summed E-state index contributed by atoms with van der Waals surface area (Å²) in [6.45, 7) is 1.50. The van der Waals surface area contributed by atoms with Gasteiger partial charge >= 0.3 is 0 Å². The topological polar surface area (TPSA) is 188 Å². The van der Waals surface area contributed by atoms with Crippen molar-refractivity contribution < 1.29 is 44.7 Å². The van der Waals surface area contributed by atoms with Crippen molar-refractivity contribution in [2.75, 3.05) is 0 Å². The van der Waals surface area contributed by atoms with Crippen molar-refractivity contribution in [2.45, 2.75) is 36.4 Å². The first-order valence-corrected chi connectivity index (χ1v) is 9.38. The van der Waals surface area contributed by atoms with Gasteiger partial charge in [-0.2, -0.15) is 0 Å². The molecule has 1 heterocycles. The van der Waals surface area contributed by atoms with Gasteiger partial charge in [0.25, 0.3) is 5.91 Å². The third-order valence-electron chi connectivity index (χ3n) is 7.33. The van der Waals surface area contributed by atoms with E-state index in [-0.39, 0.29) is 17.5 Å². The highest BCUT2D eigenvalue weighted by Gasteiger charge is 2.77. The molecule has 1 saturated heterocycles. The predicted molar refractivity (Wildman–Crippen MR) is 95.7 cm³/mol. The van der Waals surface area contributed by atoms with Crippen LogP contribution >= 0.6 is 0 Å². The van der Waals surface area contributed by atoms with Gasteiger partial charge in [-0.1, -0.05) is 12.1 Å². The highest BCUT2D eigenvalue weighted by molar-refractivity contribution is 6.23. The lowest BCUT2D eigenvalue weighted by Gasteiger charge is -2.65. The van der Waals surface area contributed by atoms with Crippen LogP contribution in [0.25, 0.3) is 0 Å². The predicted octanol–water partition coefficient (Wildman–Crippen LogP) is -1.25. The van der Waals surface area contributed by atoms with Crippen molar-refractivity contribution in [2.24, 2.45) is 23.5 Å². The smallest absolute Gasteiger partial charge is 0.256 e. The van der Waals surface area contributed by atoms with Crippen LogP contribution in [0, 0.1) is 17.8 Å². The number of ether oxygens (including phenoxy) is 1. The van der Waals surface area contributed by atoms with E-state index in [0.29, 0.717) is 0 Å². The van der Waals surface area contributed by atoms with E-state index in [1.54, 1.807) is 0 Å². The molecule has 10 heteroatoms. The number of ketones is 2. The van der Waals surface area contributed by atoms with Crippen molar-refractivity contribution in [3.63, 3.8) is 0 Å². The maximum absolute atomic E-state index is 13.3. The number of hydrogen-bond donors (Lipinski definition) is 6. The molecule has 1 saturated carbocycles. The summed E-state index contributed by atoms with van der Waals surface area (Å²) in [5.74, 6) is -11.6. The first kappa shape index (κ1) is 19.2. The Hall–Kier alpha value is -2.79. The van der Waals surface area contributed by atoms with E-state index in [1.807, 2.05) is 0 Å². The van der Waals surface area contributed by atoms with Gasteiger partial charge in [0.1, 0.15) is 23.2 Å². The van der Waals surface area contributed by atoms with Crippen LogP contribution in [-0.4, -0.2) is 60.5 Å². The monoisotopic (exact) mass is 417 g/mol. The summed E-state index contributed by atoms with van der Waals surface area (Å²) in [5, 5.41) is 54.6. The number of aliphatic hydroxyl groups excluding tert-OH is 2. The molecule has 1 amide bonds. The Labute approximate surface area is 169 Å². The third kappa shape index (κ3) is 1.78. The Morgan fingerprint density at radius 3 is 2.53 bits per heavy atom. The first-order chi connectivity index (χ1) is 13.9. The Morgan fingerprint density at radius 2 is 1.90 bits per heavy atom. The van der Waals surface area contributed by atoms with Crippen molar-refractivity contribution in [3.8, 4) is 5.75 Å². The normalized spacial score (nSPS) is 44.0. The summed E-state index contributed by atoms with van der Waals surface area (Å²) in [6, 6.07) is 4.22. The molecule has 0 radical (unpaired) electrons. The number of aromatic hydroxyl groups is 1. The van der Waals surface area contributed by atoms with E-state index in [9.17, 15) is 39.9 Å². The lowest BCUT2D eigenvalue weighted by molar-refractivity contribution is -0.371. The lowest BCUT2D eigenvalue weighted by Crippen LogP contribution is -2.78. The molecule has 3 aliphatic carbocycles. The second-order valence-corrected chi connectivity index (χ2v) is 8.58.